The van der Waals surface area contributed by atoms with Crippen LogP contribution in [0.5, 0.6) is 5.75 Å². The standard InChI is InChI=1S/C17H19N3O3/c1-18-16(21)13-5-7-14(8-6-13)20-17(22)19-11-12-3-9-15(23-2)10-4-12/h3-10H,11H2,1-2H3,(H,18,21)(H2,19,20,22). The minimum absolute atomic E-state index is 0.166. The summed E-state index contributed by atoms with van der Waals surface area (Å²) in [5, 5.41) is 8.02. The van der Waals surface area contributed by atoms with Gasteiger partial charge in [0.15, 0.2) is 0 Å². The number of hydrogen-bond donors (Lipinski definition) is 3. The summed E-state index contributed by atoms with van der Waals surface area (Å²) in [5.41, 5.74) is 2.12. The van der Waals surface area contributed by atoms with Crippen molar-refractivity contribution in [2.75, 3.05) is 19.5 Å². The summed E-state index contributed by atoms with van der Waals surface area (Å²) in [6.45, 7) is 0.409. The Balaban J connectivity index is 1.85. The van der Waals surface area contributed by atoms with Crippen LogP contribution in [0.2, 0.25) is 0 Å². The molecule has 0 aliphatic heterocycles. The van der Waals surface area contributed by atoms with Crippen molar-refractivity contribution in [1.82, 2.24) is 10.6 Å². The van der Waals surface area contributed by atoms with Crippen molar-refractivity contribution in [2.24, 2.45) is 0 Å². The van der Waals surface area contributed by atoms with Crippen molar-refractivity contribution < 1.29 is 14.3 Å². The van der Waals surface area contributed by atoms with Gasteiger partial charge < -0.3 is 20.7 Å². The summed E-state index contributed by atoms with van der Waals surface area (Å²) >= 11 is 0. The molecule has 0 saturated carbocycles. The molecule has 0 heterocycles. The van der Waals surface area contributed by atoms with Gasteiger partial charge >= 0.3 is 6.03 Å². The lowest BCUT2D eigenvalue weighted by molar-refractivity contribution is 0.0963. The Morgan fingerprint density at radius 3 is 2.22 bits per heavy atom. The van der Waals surface area contributed by atoms with Crippen molar-refractivity contribution in [3.63, 3.8) is 0 Å². The number of urea groups is 1. The number of carbonyl (C=O) groups excluding carboxylic acids is 2. The highest BCUT2D eigenvalue weighted by Gasteiger charge is 2.05. The lowest BCUT2D eigenvalue weighted by atomic mass is 10.2. The Morgan fingerprint density at radius 1 is 1.00 bits per heavy atom. The zero-order valence-electron chi connectivity index (χ0n) is 13.1. The third kappa shape index (κ3) is 4.74. The molecular weight excluding hydrogens is 294 g/mol. The molecule has 0 aliphatic rings. The number of anilines is 1. The van der Waals surface area contributed by atoms with E-state index < -0.39 is 0 Å². The van der Waals surface area contributed by atoms with Crippen LogP contribution in [0.15, 0.2) is 48.5 Å². The van der Waals surface area contributed by atoms with Crippen molar-refractivity contribution in [1.29, 1.82) is 0 Å². The molecule has 0 spiro atoms. The molecule has 2 aromatic carbocycles. The minimum Gasteiger partial charge on any atom is -0.497 e. The second kappa shape index (κ2) is 7.84. The number of ether oxygens (including phenoxy) is 1. The van der Waals surface area contributed by atoms with E-state index in [-0.39, 0.29) is 11.9 Å². The van der Waals surface area contributed by atoms with Crippen LogP contribution < -0.4 is 20.7 Å². The van der Waals surface area contributed by atoms with Gasteiger partial charge in [-0.05, 0) is 42.0 Å². The fraction of sp³-hybridized carbons (Fsp3) is 0.176. The summed E-state index contributed by atoms with van der Waals surface area (Å²) in [7, 11) is 3.18. The normalized spacial score (nSPS) is 9.83. The van der Waals surface area contributed by atoms with E-state index in [1.165, 1.54) is 0 Å². The molecule has 0 aromatic heterocycles. The van der Waals surface area contributed by atoms with Crippen molar-refractivity contribution in [2.45, 2.75) is 6.54 Å². The first-order chi connectivity index (χ1) is 11.1. The minimum atomic E-state index is -0.312. The quantitative estimate of drug-likeness (QED) is 0.793. The average molecular weight is 313 g/mol. The van der Waals surface area contributed by atoms with Gasteiger partial charge in [-0.15, -0.1) is 0 Å². The zero-order chi connectivity index (χ0) is 16.7. The van der Waals surface area contributed by atoms with Crippen LogP contribution in [0.25, 0.3) is 0 Å². The Morgan fingerprint density at radius 2 is 1.65 bits per heavy atom. The first kappa shape index (κ1) is 16.4. The smallest absolute Gasteiger partial charge is 0.319 e. The van der Waals surface area contributed by atoms with E-state index in [1.54, 1.807) is 38.4 Å². The van der Waals surface area contributed by atoms with Crippen LogP contribution in [0.4, 0.5) is 10.5 Å². The summed E-state index contributed by atoms with van der Waals surface area (Å²) in [4.78, 5) is 23.3. The molecule has 0 saturated heterocycles. The van der Waals surface area contributed by atoms with Gasteiger partial charge in [-0.2, -0.15) is 0 Å². The van der Waals surface area contributed by atoms with Gasteiger partial charge in [0.2, 0.25) is 0 Å². The van der Waals surface area contributed by atoms with Gasteiger partial charge in [0.25, 0.3) is 5.91 Å². The van der Waals surface area contributed by atoms with Gasteiger partial charge in [0.1, 0.15) is 5.75 Å². The first-order valence-corrected chi connectivity index (χ1v) is 7.12. The largest absolute Gasteiger partial charge is 0.497 e. The van der Waals surface area contributed by atoms with Crippen LogP contribution in [-0.4, -0.2) is 26.1 Å². The highest BCUT2D eigenvalue weighted by molar-refractivity contribution is 5.95. The van der Waals surface area contributed by atoms with Gasteiger partial charge in [-0.1, -0.05) is 12.1 Å². The predicted octanol–water partition coefficient (Wildman–Crippen LogP) is 2.38. The Hall–Kier alpha value is -3.02. The summed E-state index contributed by atoms with van der Waals surface area (Å²) in [6.07, 6.45) is 0. The number of hydrogen-bond acceptors (Lipinski definition) is 3. The van der Waals surface area contributed by atoms with Gasteiger partial charge in [-0.25, -0.2) is 4.79 Å². The molecule has 2 aromatic rings. The molecule has 0 aliphatic carbocycles. The maximum Gasteiger partial charge on any atom is 0.319 e. The topological polar surface area (TPSA) is 79.5 Å². The summed E-state index contributed by atoms with van der Waals surface area (Å²) in [5.74, 6) is 0.606. The molecule has 6 heteroatoms. The lowest BCUT2D eigenvalue weighted by Crippen LogP contribution is -2.28. The molecule has 3 N–H and O–H groups in total. The van der Waals surface area contributed by atoms with E-state index in [1.807, 2.05) is 24.3 Å². The second-order valence-corrected chi connectivity index (χ2v) is 4.81. The van der Waals surface area contributed by atoms with Crippen molar-refractivity contribution in [3.8, 4) is 5.75 Å². The van der Waals surface area contributed by atoms with Crippen LogP contribution in [-0.2, 0) is 6.54 Å². The zero-order valence-corrected chi connectivity index (χ0v) is 13.1. The van der Waals surface area contributed by atoms with Crippen LogP contribution in [0.3, 0.4) is 0 Å². The number of amides is 3. The van der Waals surface area contributed by atoms with Crippen LogP contribution >= 0.6 is 0 Å². The fourth-order valence-corrected chi connectivity index (χ4v) is 1.95. The third-order valence-corrected chi connectivity index (χ3v) is 3.24. The van der Waals surface area contributed by atoms with Gasteiger partial charge in [-0.3, -0.25) is 4.79 Å². The molecule has 0 bridgehead atoms. The number of nitrogens with one attached hydrogen (secondary N) is 3. The predicted molar refractivity (Wildman–Crippen MR) is 88.7 cm³/mol. The molecule has 0 radical (unpaired) electrons. The van der Waals surface area contributed by atoms with E-state index >= 15 is 0 Å². The van der Waals surface area contributed by atoms with E-state index in [4.69, 9.17) is 4.74 Å². The van der Waals surface area contributed by atoms with Gasteiger partial charge in [0.05, 0.1) is 7.11 Å². The molecule has 23 heavy (non-hydrogen) atoms. The fourth-order valence-electron chi connectivity index (χ4n) is 1.95. The Kier molecular flexibility index (Phi) is 5.57. The second-order valence-electron chi connectivity index (χ2n) is 4.81. The molecule has 120 valence electrons. The van der Waals surface area contributed by atoms with E-state index in [0.717, 1.165) is 11.3 Å². The van der Waals surface area contributed by atoms with E-state index in [0.29, 0.717) is 17.8 Å². The van der Waals surface area contributed by atoms with Crippen LogP contribution in [0.1, 0.15) is 15.9 Å². The summed E-state index contributed by atoms with van der Waals surface area (Å²) in [6, 6.07) is 13.8. The monoisotopic (exact) mass is 313 g/mol. The van der Waals surface area contributed by atoms with Gasteiger partial charge in [0, 0.05) is 24.8 Å². The maximum absolute atomic E-state index is 11.9. The summed E-state index contributed by atoms with van der Waals surface area (Å²) < 4.78 is 5.08. The number of carbonyl (C=O) groups is 2. The molecule has 6 nitrogen and oxygen atoms in total. The maximum atomic E-state index is 11.9. The lowest BCUT2D eigenvalue weighted by Gasteiger charge is -2.09. The Labute approximate surface area is 134 Å². The Bertz CT molecular complexity index is 666. The molecule has 2 rings (SSSR count). The third-order valence-electron chi connectivity index (χ3n) is 3.24. The van der Waals surface area contributed by atoms with Crippen LogP contribution in [0, 0.1) is 0 Å². The SMILES string of the molecule is CNC(=O)c1ccc(NC(=O)NCc2ccc(OC)cc2)cc1. The molecule has 0 atom stereocenters. The molecular formula is C17H19N3O3. The highest BCUT2D eigenvalue weighted by atomic mass is 16.5. The molecule has 3 amide bonds. The number of rotatable bonds is 5. The molecule has 0 fully saturated rings. The highest BCUT2D eigenvalue weighted by Crippen LogP contribution is 2.12. The number of methoxy groups -OCH3 is 1. The first-order valence-electron chi connectivity index (χ1n) is 7.12. The van der Waals surface area contributed by atoms with Crippen molar-refractivity contribution in [3.05, 3.63) is 59.7 Å². The van der Waals surface area contributed by atoms with E-state index in [2.05, 4.69) is 16.0 Å². The number of benzene rings is 2. The molecule has 0 unspecified atom stereocenters. The van der Waals surface area contributed by atoms with Crippen molar-refractivity contribution >= 4 is 17.6 Å². The van der Waals surface area contributed by atoms with E-state index in [9.17, 15) is 9.59 Å². The average Bonchev–Trinajstić information content (AvgIpc) is 2.60.